The fourth-order valence-electron chi connectivity index (χ4n) is 3.79. The molecule has 0 saturated heterocycles. The van der Waals surface area contributed by atoms with E-state index in [9.17, 15) is 4.79 Å². The molecule has 0 spiro atoms. The normalized spacial score (nSPS) is 14.1. The van der Waals surface area contributed by atoms with Gasteiger partial charge in [0.15, 0.2) is 0 Å². The van der Waals surface area contributed by atoms with Crippen LogP contribution in [-0.2, 0) is 6.42 Å². The lowest BCUT2D eigenvalue weighted by atomic mass is 10.0. The van der Waals surface area contributed by atoms with Gasteiger partial charge in [0.25, 0.3) is 5.91 Å². The second kappa shape index (κ2) is 6.72. The Kier molecular flexibility index (Phi) is 4.38. The zero-order chi connectivity index (χ0) is 19.1. The average Bonchev–Trinajstić information content (AvgIpc) is 3.03. The van der Waals surface area contributed by atoms with Crippen LogP contribution in [0.2, 0.25) is 0 Å². The maximum absolute atomic E-state index is 13.4. The Balaban J connectivity index is 1.73. The van der Waals surface area contributed by atoms with Crippen LogP contribution in [0.15, 0.2) is 36.4 Å². The number of aromatic amines is 1. The number of nitrogens with zero attached hydrogens (tertiary/aromatic N) is 3. The molecule has 2 heterocycles. The summed E-state index contributed by atoms with van der Waals surface area (Å²) in [7, 11) is 2.08. The number of H-pyrrole nitrogens is 1. The summed E-state index contributed by atoms with van der Waals surface area (Å²) in [5.41, 5.74) is 5.98. The van der Waals surface area contributed by atoms with Crippen LogP contribution in [0.5, 0.6) is 0 Å². The molecule has 0 atom stereocenters. The number of aromatic nitrogens is 2. The molecule has 1 aliphatic heterocycles. The molecule has 4 rings (SSSR count). The number of hydrogen-bond donors (Lipinski definition) is 1. The molecule has 27 heavy (non-hydrogen) atoms. The van der Waals surface area contributed by atoms with E-state index in [1.807, 2.05) is 23.1 Å². The van der Waals surface area contributed by atoms with Crippen molar-refractivity contribution < 1.29 is 4.79 Å². The summed E-state index contributed by atoms with van der Waals surface area (Å²) in [5, 5.41) is 8.57. The van der Waals surface area contributed by atoms with Gasteiger partial charge in [-0.2, -0.15) is 5.10 Å². The smallest absolute Gasteiger partial charge is 0.258 e. The van der Waals surface area contributed by atoms with Crippen LogP contribution in [0.1, 0.15) is 35.5 Å². The lowest BCUT2D eigenvalue weighted by Crippen LogP contribution is -2.42. The zero-order valence-electron chi connectivity index (χ0n) is 16.4. The van der Waals surface area contributed by atoms with Crippen LogP contribution in [0, 0.1) is 12.8 Å². The van der Waals surface area contributed by atoms with Crippen LogP contribution in [-0.4, -0.2) is 36.2 Å². The number of nitrogens with one attached hydrogen (secondary N) is 1. The summed E-state index contributed by atoms with van der Waals surface area (Å²) in [5.74, 6) is 0.578. The van der Waals surface area contributed by atoms with Crippen LogP contribution in [0.4, 0.5) is 11.4 Å². The van der Waals surface area contributed by atoms with Gasteiger partial charge in [0.2, 0.25) is 0 Å². The van der Waals surface area contributed by atoms with Crippen LogP contribution >= 0.6 is 0 Å². The Hall–Kier alpha value is -2.82. The topological polar surface area (TPSA) is 52.2 Å². The van der Waals surface area contributed by atoms with Gasteiger partial charge in [0, 0.05) is 36.8 Å². The molecule has 0 saturated carbocycles. The van der Waals surface area contributed by atoms with E-state index in [4.69, 9.17) is 0 Å². The van der Waals surface area contributed by atoms with E-state index in [1.165, 1.54) is 0 Å². The standard InChI is InChI=1S/C22H26N4O/c1-14(2)11-19-17-13-16(6-7-18(17)23-24-19)22(27)26-10-9-25(4)20-8-5-15(3)12-21(20)26/h5-8,12-14H,9-11H2,1-4H3,(H,23,24). The summed E-state index contributed by atoms with van der Waals surface area (Å²) in [6.45, 7) is 7.95. The Morgan fingerprint density at radius 2 is 1.96 bits per heavy atom. The van der Waals surface area contributed by atoms with Gasteiger partial charge in [-0.15, -0.1) is 0 Å². The molecule has 0 radical (unpaired) electrons. The van der Waals surface area contributed by atoms with Crippen molar-refractivity contribution in [3.8, 4) is 0 Å². The lowest BCUT2D eigenvalue weighted by molar-refractivity contribution is 0.0987. The average molecular weight is 362 g/mol. The summed E-state index contributed by atoms with van der Waals surface area (Å²) in [6, 6.07) is 12.1. The summed E-state index contributed by atoms with van der Waals surface area (Å²) >= 11 is 0. The molecule has 1 N–H and O–H groups in total. The third kappa shape index (κ3) is 3.18. The number of likely N-dealkylation sites (N-methyl/N-ethyl adjacent to an activating group) is 1. The van der Waals surface area contributed by atoms with Crippen molar-refractivity contribution in [3.63, 3.8) is 0 Å². The van der Waals surface area contributed by atoms with Gasteiger partial charge in [-0.05, 0) is 55.2 Å². The molecule has 140 valence electrons. The van der Waals surface area contributed by atoms with Crippen molar-refractivity contribution in [2.24, 2.45) is 5.92 Å². The van der Waals surface area contributed by atoms with Crippen LogP contribution < -0.4 is 9.80 Å². The third-order valence-electron chi connectivity index (χ3n) is 5.23. The number of anilines is 2. The van der Waals surface area contributed by atoms with Gasteiger partial charge in [-0.3, -0.25) is 9.89 Å². The number of carbonyl (C=O) groups is 1. The van der Waals surface area contributed by atoms with Crippen molar-refractivity contribution in [1.29, 1.82) is 0 Å². The first-order chi connectivity index (χ1) is 12.9. The predicted octanol–water partition coefficient (Wildman–Crippen LogP) is 4.17. The molecule has 5 heteroatoms. The molecule has 0 unspecified atom stereocenters. The van der Waals surface area contributed by atoms with E-state index in [-0.39, 0.29) is 5.91 Å². The highest BCUT2D eigenvalue weighted by atomic mass is 16.2. The molecule has 0 fully saturated rings. The van der Waals surface area contributed by atoms with E-state index >= 15 is 0 Å². The molecule has 0 bridgehead atoms. The summed E-state index contributed by atoms with van der Waals surface area (Å²) in [6.07, 6.45) is 0.921. The quantitative estimate of drug-likeness (QED) is 0.761. The van der Waals surface area contributed by atoms with E-state index in [0.29, 0.717) is 18.0 Å². The SMILES string of the molecule is Cc1ccc2c(c1)N(C(=O)c1ccc3n[nH]c(CC(C)C)c3c1)CCN2C. The number of carbonyl (C=O) groups excluding carboxylic acids is 1. The van der Waals surface area contributed by atoms with Gasteiger partial charge in [-0.25, -0.2) is 0 Å². The van der Waals surface area contributed by atoms with Crippen molar-refractivity contribution in [2.75, 3.05) is 29.9 Å². The predicted molar refractivity (Wildman–Crippen MR) is 111 cm³/mol. The molecular formula is C22H26N4O. The van der Waals surface area contributed by atoms with Crippen LogP contribution in [0.3, 0.4) is 0 Å². The number of hydrogen-bond acceptors (Lipinski definition) is 3. The Labute approximate surface area is 160 Å². The van der Waals surface area contributed by atoms with Crippen molar-refractivity contribution in [2.45, 2.75) is 27.2 Å². The van der Waals surface area contributed by atoms with Crippen molar-refractivity contribution in [3.05, 3.63) is 53.2 Å². The first kappa shape index (κ1) is 17.6. The number of fused-ring (bicyclic) bond motifs is 2. The molecule has 5 nitrogen and oxygen atoms in total. The number of amides is 1. The maximum Gasteiger partial charge on any atom is 0.258 e. The van der Waals surface area contributed by atoms with Gasteiger partial charge in [0.05, 0.1) is 16.9 Å². The number of benzene rings is 2. The molecule has 0 aliphatic carbocycles. The molecule has 3 aromatic rings. The molecule has 1 aliphatic rings. The fourth-order valence-corrected chi connectivity index (χ4v) is 3.79. The minimum absolute atomic E-state index is 0.0496. The number of rotatable bonds is 3. The second-order valence-corrected chi connectivity index (χ2v) is 7.90. The van der Waals surface area contributed by atoms with E-state index in [2.05, 4.69) is 61.1 Å². The highest BCUT2D eigenvalue weighted by Gasteiger charge is 2.26. The second-order valence-electron chi connectivity index (χ2n) is 7.90. The summed E-state index contributed by atoms with van der Waals surface area (Å²) < 4.78 is 0. The Morgan fingerprint density at radius 3 is 2.74 bits per heavy atom. The van der Waals surface area contributed by atoms with Crippen molar-refractivity contribution in [1.82, 2.24) is 10.2 Å². The van der Waals surface area contributed by atoms with E-state index < -0.39 is 0 Å². The van der Waals surface area contributed by atoms with E-state index in [0.717, 1.165) is 46.5 Å². The Bertz CT molecular complexity index is 1000. The Morgan fingerprint density at radius 1 is 1.15 bits per heavy atom. The molecule has 2 aromatic carbocycles. The first-order valence-corrected chi connectivity index (χ1v) is 9.54. The first-order valence-electron chi connectivity index (χ1n) is 9.54. The van der Waals surface area contributed by atoms with Gasteiger partial charge in [0.1, 0.15) is 0 Å². The largest absolute Gasteiger partial charge is 0.371 e. The molecular weight excluding hydrogens is 336 g/mol. The monoisotopic (exact) mass is 362 g/mol. The number of aryl methyl sites for hydroxylation is 1. The third-order valence-corrected chi connectivity index (χ3v) is 5.23. The minimum atomic E-state index is 0.0496. The minimum Gasteiger partial charge on any atom is -0.371 e. The van der Waals surface area contributed by atoms with Gasteiger partial charge in [-0.1, -0.05) is 19.9 Å². The highest BCUT2D eigenvalue weighted by Crippen LogP contribution is 2.34. The molecule has 1 amide bonds. The lowest BCUT2D eigenvalue weighted by Gasteiger charge is -2.36. The van der Waals surface area contributed by atoms with Gasteiger partial charge >= 0.3 is 0 Å². The summed E-state index contributed by atoms with van der Waals surface area (Å²) in [4.78, 5) is 17.5. The highest BCUT2D eigenvalue weighted by molar-refractivity contribution is 6.10. The fraction of sp³-hybridized carbons (Fsp3) is 0.364. The zero-order valence-corrected chi connectivity index (χ0v) is 16.4. The van der Waals surface area contributed by atoms with Gasteiger partial charge < -0.3 is 9.80 Å². The van der Waals surface area contributed by atoms with E-state index in [1.54, 1.807) is 0 Å². The van der Waals surface area contributed by atoms with Crippen molar-refractivity contribution >= 4 is 28.2 Å². The maximum atomic E-state index is 13.4. The molecule has 1 aromatic heterocycles. The van der Waals surface area contributed by atoms with Crippen LogP contribution in [0.25, 0.3) is 10.9 Å².